The Morgan fingerprint density at radius 2 is 1.24 bits per heavy atom. The van der Waals surface area contributed by atoms with Crippen LogP contribution in [-0.2, 0) is 5.41 Å². The first-order valence-electron chi connectivity index (χ1n) is 17.2. The quantitative estimate of drug-likeness (QED) is 0.175. The van der Waals surface area contributed by atoms with Crippen LogP contribution in [0.5, 0.6) is 0 Å². The van der Waals surface area contributed by atoms with E-state index in [4.69, 9.17) is 6.57 Å². The van der Waals surface area contributed by atoms with E-state index < -0.39 is 0 Å². The number of hydrogen-bond acceptors (Lipinski definition) is 1. The van der Waals surface area contributed by atoms with Crippen molar-refractivity contribution in [2.45, 2.75) is 19.3 Å². The number of hydrogen-bond donors (Lipinski definition) is 0. The van der Waals surface area contributed by atoms with E-state index in [0.29, 0.717) is 11.3 Å². The first kappa shape index (κ1) is 29.1. The van der Waals surface area contributed by atoms with Crippen LogP contribution in [-0.4, -0.2) is 9.13 Å². The van der Waals surface area contributed by atoms with Crippen molar-refractivity contribution >= 4 is 49.3 Å². The Hall–Kier alpha value is -6.88. The van der Waals surface area contributed by atoms with Gasteiger partial charge in [0.2, 0.25) is 0 Å². The second-order valence-corrected chi connectivity index (χ2v) is 14.0. The normalized spacial score (nSPS) is 13.0. The van der Waals surface area contributed by atoms with E-state index in [2.05, 4.69) is 155 Å². The highest BCUT2D eigenvalue weighted by Gasteiger charge is 2.38. The molecule has 1 aliphatic carbocycles. The molecular weight excluding hydrogens is 621 g/mol. The first-order chi connectivity index (χ1) is 25.0. The fourth-order valence-electron chi connectivity index (χ4n) is 8.66. The van der Waals surface area contributed by atoms with Crippen molar-refractivity contribution < 1.29 is 0 Å². The van der Waals surface area contributed by atoms with Gasteiger partial charge >= 0.3 is 0 Å². The summed E-state index contributed by atoms with van der Waals surface area (Å²) in [6, 6.07) is 53.6. The number of rotatable bonds is 3. The van der Waals surface area contributed by atoms with Gasteiger partial charge in [-0.1, -0.05) is 98.8 Å². The van der Waals surface area contributed by atoms with Crippen molar-refractivity contribution in [1.82, 2.24) is 9.13 Å². The Labute approximate surface area is 295 Å². The van der Waals surface area contributed by atoms with Crippen LogP contribution in [0.25, 0.3) is 82.1 Å². The van der Waals surface area contributed by atoms with E-state index in [0.717, 1.165) is 60.6 Å². The van der Waals surface area contributed by atoms with Crippen molar-refractivity contribution in [3.8, 4) is 39.7 Å². The summed E-state index contributed by atoms with van der Waals surface area (Å²) in [7, 11) is 0. The topological polar surface area (TPSA) is 38.0 Å². The van der Waals surface area contributed by atoms with E-state index >= 15 is 0 Å². The van der Waals surface area contributed by atoms with Gasteiger partial charge < -0.3 is 9.13 Å². The number of fused-ring (bicyclic) bond motifs is 10. The third-order valence-corrected chi connectivity index (χ3v) is 10.9. The minimum atomic E-state index is -0.206. The fraction of sp³-hybridized carbons (Fsp3) is 0.0638. The zero-order valence-electron chi connectivity index (χ0n) is 28.1. The standard InChI is InChI=1S/C47H30N4/c1-47(2)41-16-6-4-14-35(41)37-20-21-38-40-27-32(49-3)19-23-44(40)51(46(38)45(37)47)34-13-9-11-31(26-34)30-10-8-12-33(25-30)50-42-17-7-5-15-36(42)39-24-29(28-48)18-22-43(39)50/h4-27H,1-2H3. The Bertz CT molecular complexity index is 3030. The lowest BCUT2D eigenvalue weighted by Crippen LogP contribution is -2.16. The maximum absolute atomic E-state index is 9.63. The first-order valence-corrected chi connectivity index (χ1v) is 17.2. The van der Waals surface area contributed by atoms with Crippen molar-refractivity contribution in [2.75, 3.05) is 0 Å². The van der Waals surface area contributed by atoms with Crippen LogP contribution in [0.3, 0.4) is 0 Å². The molecular formula is C47H30N4. The molecule has 10 rings (SSSR count). The maximum atomic E-state index is 9.63. The summed E-state index contributed by atoms with van der Waals surface area (Å²) in [5, 5.41) is 14.1. The van der Waals surface area contributed by atoms with Gasteiger partial charge in [-0.15, -0.1) is 0 Å². The van der Waals surface area contributed by atoms with E-state index in [9.17, 15) is 5.26 Å². The van der Waals surface area contributed by atoms with Crippen LogP contribution < -0.4 is 0 Å². The molecule has 2 heterocycles. The van der Waals surface area contributed by atoms with Gasteiger partial charge in [-0.05, 0) is 99.4 Å². The van der Waals surface area contributed by atoms with Crippen LogP contribution in [0, 0.1) is 17.9 Å². The lowest BCUT2D eigenvalue weighted by atomic mass is 9.81. The van der Waals surface area contributed by atoms with E-state index in [-0.39, 0.29) is 5.41 Å². The molecule has 0 bridgehead atoms. The third kappa shape index (κ3) is 4.05. The largest absolute Gasteiger partial charge is 0.309 e. The Kier molecular flexibility index (Phi) is 6.02. The van der Waals surface area contributed by atoms with E-state index in [1.807, 2.05) is 24.3 Å². The highest BCUT2D eigenvalue weighted by molar-refractivity contribution is 6.14. The molecule has 0 N–H and O–H groups in total. The summed E-state index contributed by atoms with van der Waals surface area (Å²) < 4.78 is 4.71. The highest BCUT2D eigenvalue weighted by Crippen LogP contribution is 2.53. The summed E-state index contributed by atoms with van der Waals surface area (Å²) in [5.74, 6) is 0. The lowest BCUT2D eigenvalue weighted by molar-refractivity contribution is 0.664. The van der Waals surface area contributed by atoms with Gasteiger partial charge in [0.1, 0.15) is 0 Å². The molecule has 4 heteroatoms. The smallest absolute Gasteiger partial charge is 0.188 e. The summed E-state index contributed by atoms with van der Waals surface area (Å²) in [6.07, 6.45) is 0. The molecule has 1 aliphatic rings. The summed E-state index contributed by atoms with van der Waals surface area (Å²) in [5.41, 5.74) is 15.1. The number of para-hydroxylation sites is 1. The maximum Gasteiger partial charge on any atom is 0.188 e. The zero-order chi connectivity index (χ0) is 34.4. The molecule has 238 valence electrons. The predicted octanol–water partition coefficient (Wildman–Crippen LogP) is 12.3. The number of benzene rings is 7. The Morgan fingerprint density at radius 1 is 0.569 bits per heavy atom. The molecule has 0 aliphatic heterocycles. The van der Waals surface area contributed by atoms with Crippen LogP contribution in [0.4, 0.5) is 5.69 Å². The molecule has 7 aromatic carbocycles. The fourth-order valence-corrected chi connectivity index (χ4v) is 8.66. The third-order valence-electron chi connectivity index (χ3n) is 10.9. The molecule has 2 aromatic heterocycles. The predicted molar refractivity (Wildman–Crippen MR) is 209 cm³/mol. The van der Waals surface area contributed by atoms with Gasteiger partial charge in [-0.3, -0.25) is 0 Å². The number of nitrogens with zero attached hydrogens (tertiary/aromatic N) is 4. The SMILES string of the molecule is [C-]#[N+]c1ccc2c(c1)c1ccc3c(c1n2-c1cccc(-c2cccc(-n4c5ccccc5c5cc(C#N)ccc54)c2)c1)C(C)(C)c1ccccc1-3. The zero-order valence-corrected chi connectivity index (χ0v) is 28.1. The van der Waals surface area contributed by atoms with Crippen LogP contribution >= 0.6 is 0 Å². The summed E-state index contributed by atoms with van der Waals surface area (Å²) in [6.45, 7) is 12.4. The summed E-state index contributed by atoms with van der Waals surface area (Å²) in [4.78, 5) is 3.80. The van der Waals surface area contributed by atoms with Gasteiger partial charge in [-0.2, -0.15) is 5.26 Å². The second kappa shape index (κ2) is 10.6. The average Bonchev–Trinajstić information content (AvgIpc) is 3.77. The monoisotopic (exact) mass is 650 g/mol. The van der Waals surface area contributed by atoms with Gasteiger partial charge in [0, 0.05) is 32.9 Å². The molecule has 0 spiro atoms. The number of nitriles is 1. The lowest BCUT2D eigenvalue weighted by Gasteiger charge is -2.23. The minimum absolute atomic E-state index is 0.206. The van der Waals surface area contributed by atoms with Crippen LogP contribution in [0.15, 0.2) is 146 Å². The molecule has 0 unspecified atom stereocenters. The van der Waals surface area contributed by atoms with Crippen LogP contribution in [0.1, 0.15) is 30.5 Å². The van der Waals surface area contributed by atoms with Crippen molar-refractivity contribution in [3.63, 3.8) is 0 Å². The minimum Gasteiger partial charge on any atom is -0.309 e. The second-order valence-electron chi connectivity index (χ2n) is 14.0. The van der Waals surface area contributed by atoms with Gasteiger partial charge in [0.25, 0.3) is 0 Å². The van der Waals surface area contributed by atoms with E-state index in [1.165, 1.54) is 27.8 Å². The van der Waals surface area contributed by atoms with Crippen LogP contribution in [0.2, 0.25) is 0 Å². The molecule has 0 saturated carbocycles. The molecule has 0 saturated heterocycles. The Balaban J connectivity index is 1.20. The van der Waals surface area contributed by atoms with Crippen molar-refractivity contribution in [3.05, 3.63) is 174 Å². The molecule has 0 atom stereocenters. The molecule has 0 fully saturated rings. The average molecular weight is 651 g/mol. The molecule has 0 amide bonds. The highest BCUT2D eigenvalue weighted by atomic mass is 15.0. The summed E-state index contributed by atoms with van der Waals surface area (Å²) >= 11 is 0. The molecule has 0 radical (unpaired) electrons. The Morgan fingerprint density at radius 3 is 2.02 bits per heavy atom. The number of aromatic nitrogens is 2. The van der Waals surface area contributed by atoms with E-state index in [1.54, 1.807) is 0 Å². The van der Waals surface area contributed by atoms with Gasteiger partial charge in [-0.25, -0.2) is 4.85 Å². The van der Waals surface area contributed by atoms with Crippen molar-refractivity contribution in [2.24, 2.45) is 0 Å². The molecule has 9 aromatic rings. The molecule has 4 nitrogen and oxygen atoms in total. The van der Waals surface area contributed by atoms with Gasteiger partial charge in [0.05, 0.1) is 40.3 Å². The molecule has 51 heavy (non-hydrogen) atoms. The van der Waals surface area contributed by atoms with Crippen molar-refractivity contribution in [1.29, 1.82) is 5.26 Å². The van der Waals surface area contributed by atoms with Gasteiger partial charge in [0.15, 0.2) is 5.69 Å².